The van der Waals surface area contributed by atoms with Gasteiger partial charge in [-0.2, -0.15) is 0 Å². The molecule has 1 unspecified atom stereocenters. The van der Waals surface area contributed by atoms with E-state index in [0.29, 0.717) is 17.5 Å². The molecule has 0 bridgehead atoms. The molecule has 0 aliphatic heterocycles. The number of carbonyl (C=O) groups excluding carboxylic acids is 1. The smallest absolute Gasteiger partial charge is 0.269 e. The van der Waals surface area contributed by atoms with Crippen molar-refractivity contribution in [2.24, 2.45) is 11.8 Å². The quantitative estimate of drug-likeness (QED) is 0.106. The van der Waals surface area contributed by atoms with E-state index >= 15 is 0 Å². The zero-order valence-corrected chi connectivity index (χ0v) is 22.4. The van der Waals surface area contributed by atoms with Crippen LogP contribution in [0.15, 0.2) is 48.5 Å². The van der Waals surface area contributed by atoms with Crippen LogP contribution in [0, 0.1) is 22.0 Å². The summed E-state index contributed by atoms with van der Waals surface area (Å²) in [6, 6.07) is 15.8. The van der Waals surface area contributed by atoms with Crippen LogP contribution < -0.4 is 0 Å². The Morgan fingerprint density at radius 3 is 2.29 bits per heavy atom. The molecule has 0 saturated heterocycles. The van der Waals surface area contributed by atoms with Gasteiger partial charge in [0.05, 0.1) is 13.0 Å². The maximum absolute atomic E-state index is 13.4. The molecule has 1 aliphatic carbocycles. The highest BCUT2D eigenvalue weighted by Crippen LogP contribution is 2.45. The second-order valence-corrected chi connectivity index (χ2v) is 16.8. The monoisotopic (exact) mass is 479 g/mol. The highest BCUT2D eigenvalue weighted by Gasteiger charge is 2.33. The predicted octanol–water partition coefficient (Wildman–Crippen LogP) is 8.63. The second kappa shape index (κ2) is 11.9. The Morgan fingerprint density at radius 1 is 1.03 bits per heavy atom. The molecule has 2 aromatic carbocycles. The number of Topliss-reactive ketones (excluding diaryl/α,β-unsaturated/α-hetero) is 1. The summed E-state index contributed by atoms with van der Waals surface area (Å²) in [6.45, 7) is 8.85. The first-order valence-electron chi connectivity index (χ1n) is 13.1. The zero-order valence-electron chi connectivity index (χ0n) is 21.4. The topological polar surface area (TPSA) is 60.2 Å². The van der Waals surface area contributed by atoms with Gasteiger partial charge in [0.15, 0.2) is 5.78 Å². The lowest BCUT2D eigenvalue weighted by Gasteiger charge is -2.35. The molecule has 5 heteroatoms. The van der Waals surface area contributed by atoms with Gasteiger partial charge in [0.25, 0.3) is 5.69 Å². The third kappa shape index (κ3) is 7.11. The molecule has 1 fully saturated rings. The molecule has 0 heterocycles. The van der Waals surface area contributed by atoms with Gasteiger partial charge in [0.2, 0.25) is 0 Å². The van der Waals surface area contributed by atoms with Gasteiger partial charge in [-0.15, -0.1) is 0 Å². The molecule has 2 aromatic rings. The van der Waals surface area contributed by atoms with Crippen molar-refractivity contribution in [3.05, 3.63) is 75.3 Å². The van der Waals surface area contributed by atoms with Crippen molar-refractivity contribution in [2.45, 2.75) is 89.9 Å². The van der Waals surface area contributed by atoms with Crippen molar-refractivity contribution < 1.29 is 9.72 Å². The lowest BCUT2D eigenvalue weighted by molar-refractivity contribution is -0.384. The third-order valence-corrected chi connectivity index (χ3v) is 8.69. The average molecular weight is 480 g/mol. The lowest BCUT2D eigenvalue weighted by Crippen LogP contribution is -2.26. The first-order chi connectivity index (χ1) is 16.2. The molecular formula is C29H41NO3Si. The van der Waals surface area contributed by atoms with Crippen molar-refractivity contribution >= 4 is 19.5 Å². The van der Waals surface area contributed by atoms with Gasteiger partial charge in [-0.25, -0.2) is 0 Å². The number of non-ortho nitro benzene ring substituents is 1. The largest absolute Gasteiger partial charge is 0.295 e. The van der Waals surface area contributed by atoms with E-state index < -0.39 is 8.07 Å². The van der Waals surface area contributed by atoms with Crippen molar-refractivity contribution in [2.75, 3.05) is 0 Å². The maximum atomic E-state index is 13.4. The highest BCUT2D eigenvalue weighted by atomic mass is 28.3. The Balaban J connectivity index is 1.99. The van der Waals surface area contributed by atoms with Crippen LogP contribution in [0.5, 0.6) is 0 Å². The van der Waals surface area contributed by atoms with Crippen molar-refractivity contribution in [3.63, 3.8) is 0 Å². The number of hydrogen-bond donors (Lipinski definition) is 0. The molecule has 0 amide bonds. The number of hydrogen-bond acceptors (Lipinski definition) is 3. The molecular weight excluding hydrogens is 438 g/mol. The molecule has 0 radical (unpaired) electrons. The van der Waals surface area contributed by atoms with Crippen LogP contribution in [0.3, 0.4) is 0 Å². The van der Waals surface area contributed by atoms with Gasteiger partial charge in [-0.05, 0) is 41.9 Å². The summed E-state index contributed by atoms with van der Waals surface area (Å²) in [5, 5.41) is 11.7. The minimum Gasteiger partial charge on any atom is -0.295 e. The summed E-state index contributed by atoms with van der Waals surface area (Å²) in [5.74, 6) is 1.33. The van der Waals surface area contributed by atoms with E-state index in [-0.39, 0.29) is 22.3 Å². The van der Waals surface area contributed by atoms with Crippen LogP contribution in [-0.4, -0.2) is 18.8 Å². The van der Waals surface area contributed by atoms with Crippen LogP contribution in [0.1, 0.15) is 85.7 Å². The Bertz CT molecular complexity index is 959. The lowest BCUT2D eigenvalue weighted by atomic mass is 9.69. The SMILES string of the molecule is CCCCCC1CCC(C(c2ccccc2)c2cc([N+](=O)[O-])ccc2C(=O)C[Si](C)(C)C)CC1. The van der Waals surface area contributed by atoms with E-state index in [4.69, 9.17) is 0 Å². The number of ketones is 1. The normalized spacial score (nSPS) is 19.5. The van der Waals surface area contributed by atoms with E-state index in [1.165, 1.54) is 50.2 Å². The summed E-state index contributed by atoms with van der Waals surface area (Å²) in [6.07, 6.45) is 9.84. The standard InChI is InChI=1S/C29H41NO3Si/c1-5-6-8-11-22-14-16-24(17-15-22)29(23-12-9-7-10-13-23)27-20-25(30(32)33)18-19-26(27)28(31)21-34(2,3)4/h7,9-10,12-13,18-20,22,24,29H,5-6,8,11,14-17,21H2,1-4H3. The Labute approximate surface area is 206 Å². The molecule has 4 nitrogen and oxygen atoms in total. The number of nitro benzene ring substituents is 1. The van der Waals surface area contributed by atoms with Gasteiger partial charge in [0.1, 0.15) is 0 Å². The number of rotatable bonds is 11. The van der Waals surface area contributed by atoms with Gasteiger partial charge >= 0.3 is 0 Å². The molecule has 1 aliphatic rings. The van der Waals surface area contributed by atoms with Crippen molar-refractivity contribution in [3.8, 4) is 0 Å². The van der Waals surface area contributed by atoms with E-state index in [9.17, 15) is 14.9 Å². The number of nitro groups is 1. The number of benzene rings is 2. The van der Waals surface area contributed by atoms with Gasteiger partial charge in [-0.1, -0.05) is 95.4 Å². The molecule has 0 spiro atoms. The van der Waals surface area contributed by atoms with Crippen LogP contribution in [0.25, 0.3) is 0 Å². The Hall–Kier alpha value is -2.27. The average Bonchev–Trinajstić information content (AvgIpc) is 2.80. The fourth-order valence-electron chi connectivity index (χ4n) is 5.61. The molecule has 184 valence electrons. The van der Waals surface area contributed by atoms with E-state index in [1.807, 2.05) is 18.2 Å². The van der Waals surface area contributed by atoms with Crippen LogP contribution in [-0.2, 0) is 0 Å². The molecule has 1 saturated carbocycles. The second-order valence-electron chi connectivity index (χ2n) is 11.4. The summed E-state index contributed by atoms with van der Waals surface area (Å²) in [7, 11) is -1.62. The number of unbranched alkanes of at least 4 members (excludes halogenated alkanes) is 2. The third-order valence-electron chi connectivity index (χ3n) is 7.31. The predicted molar refractivity (Wildman–Crippen MR) is 143 cm³/mol. The van der Waals surface area contributed by atoms with E-state index in [0.717, 1.165) is 24.3 Å². The van der Waals surface area contributed by atoms with E-state index in [1.54, 1.807) is 12.1 Å². The summed E-state index contributed by atoms with van der Waals surface area (Å²) < 4.78 is 0. The van der Waals surface area contributed by atoms with Crippen molar-refractivity contribution in [1.82, 2.24) is 0 Å². The minimum absolute atomic E-state index is 0.0123. The fourth-order valence-corrected chi connectivity index (χ4v) is 6.76. The molecule has 0 aromatic heterocycles. The van der Waals surface area contributed by atoms with E-state index in [2.05, 4.69) is 38.7 Å². The van der Waals surface area contributed by atoms with Crippen molar-refractivity contribution in [1.29, 1.82) is 0 Å². The van der Waals surface area contributed by atoms with Crippen LogP contribution in [0.2, 0.25) is 25.7 Å². The first-order valence-corrected chi connectivity index (χ1v) is 16.8. The maximum Gasteiger partial charge on any atom is 0.269 e. The number of nitrogens with zero attached hydrogens (tertiary/aromatic N) is 1. The molecule has 3 rings (SSSR count). The summed E-state index contributed by atoms with van der Waals surface area (Å²) in [5.41, 5.74) is 2.79. The molecule has 1 atom stereocenters. The van der Waals surface area contributed by atoms with Gasteiger partial charge in [-0.3, -0.25) is 14.9 Å². The zero-order chi connectivity index (χ0) is 24.7. The van der Waals surface area contributed by atoms with Crippen LogP contribution in [0.4, 0.5) is 5.69 Å². The highest BCUT2D eigenvalue weighted by molar-refractivity contribution is 6.79. The molecule has 34 heavy (non-hydrogen) atoms. The Morgan fingerprint density at radius 2 is 1.71 bits per heavy atom. The Kier molecular flexibility index (Phi) is 9.23. The first kappa shape index (κ1) is 26.3. The summed E-state index contributed by atoms with van der Waals surface area (Å²) >= 11 is 0. The minimum atomic E-state index is -1.62. The van der Waals surface area contributed by atoms with Gasteiger partial charge in [0, 0.05) is 29.7 Å². The van der Waals surface area contributed by atoms with Crippen LogP contribution >= 0.6 is 0 Å². The fraction of sp³-hybridized carbons (Fsp3) is 0.552. The number of carbonyl (C=O) groups is 1. The summed E-state index contributed by atoms with van der Waals surface area (Å²) in [4.78, 5) is 24.8. The van der Waals surface area contributed by atoms with Gasteiger partial charge < -0.3 is 0 Å². The molecule has 0 N–H and O–H groups in total.